The number of halogens is 1. The van der Waals surface area contributed by atoms with Crippen LogP contribution in [-0.4, -0.2) is 51.1 Å². The van der Waals surface area contributed by atoms with Crippen molar-refractivity contribution in [3.63, 3.8) is 0 Å². The number of carbonyl (C=O) groups is 1. The second-order valence-corrected chi connectivity index (χ2v) is 6.88. The number of anilines is 1. The standard InChI is InChI=1S/C14H21ClN4O2/c1-13(2,11(20)21)8-19-7-5-14(3,9-19)18-10-4-6-16-12(15)17-10/h4,6H,5,7-9H2,1-3H3,(H,20,21)(H,16,17,18). The van der Waals surface area contributed by atoms with Gasteiger partial charge in [0.1, 0.15) is 5.82 Å². The normalized spacial score (nSPS) is 23.2. The summed E-state index contributed by atoms with van der Waals surface area (Å²) in [5.74, 6) is -0.0801. The molecular weight excluding hydrogens is 292 g/mol. The molecule has 1 aliphatic heterocycles. The molecule has 1 aromatic rings. The van der Waals surface area contributed by atoms with Crippen LogP contribution in [0.5, 0.6) is 0 Å². The zero-order valence-electron chi connectivity index (χ0n) is 12.6. The van der Waals surface area contributed by atoms with E-state index in [1.54, 1.807) is 26.1 Å². The van der Waals surface area contributed by atoms with Gasteiger partial charge in [0.15, 0.2) is 0 Å². The minimum atomic E-state index is -0.772. The number of nitrogens with one attached hydrogen (secondary N) is 1. The van der Waals surface area contributed by atoms with Gasteiger partial charge in [-0.25, -0.2) is 9.97 Å². The van der Waals surface area contributed by atoms with Gasteiger partial charge in [0.25, 0.3) is 0 Å². The zero-order chi connectivity index (χ0) is 15.7. The van der Waals surface area contributed by atoms with Gasteiger partial charge in [-0.2, -0.15) is 0 Å². The zero-order valence-corrected chi connectivity index (χ0v) is 13.3. The summed E-state index contributed by atoms with van der Waals surface area (Å²) in [7, 11) is 0. The average Bonchev–Trinajstić information content (AvgIpc) is 2.69. The van der Waals surface area contributed by atoms with E-state index in [2.05, 4.69) is 27.1 Å². The molecule has 1 unspecified atom stereocenters. The molecule has 1 fully saturated rings. The van der Waals surface area contributed by atoms with Crippen LogP contribution in [0.15, 0.2) is 12.3 Å². The summed E-state index contributed by atoms with van der Waals surface area (Å²) in [5, 5.41) is 12.8. The summed E-state index contributed by atoms with van der Waals surface area (Å²) in [4.78, 5) is 21.4. The molecule has 1 aromatic heterocycles. The molecule has 0 saturated carbocycles. The summed E-state index contributed by atoms with van der Waals surface area (Å²) in [5.41, 5.74) is -0.893. The predicted molar refractivity (Wildman–Crippen MR) is 81.5 cm³/mol. The van der Waals surface area contributed by atoms with E-state index in [4.69, 9.17) is 11.6 Å². The van der Waals surface area contributed by atoms with Crippen LogP contribution in [-0.2, 0) is 4.79 Å². The molecule has 1 atom stereocenters. The Bertz CT molecular complexity index is 537. The van der Waals surface area contributed by atoms with Gasteiger partial charge in [-0.1, -0.05) is 0 Å². The lowest BCUT2D eigenvalue weighted by atomic mass is 9.93. The molecule has 2 heterocycles. The summed E-state index contributed by atoms with van der Waals surface area (Å²) < 4.78 is 0. The second kappa shape index (κ2) is 5.77. The van der Waals surface area contributed by atoms with Crippen LogP contribution >= 0.6 is 11.6 Å². The van der Waals surface area contributed by atoms with E-state index in [1.807, 2.05) is 0 Å². The van der Waals surface area contributed by atoms with Gasteiger partial charge in [0, 0.05) is 31.4 Å². The minimum Gasteiger partial charge on any atom is -0.481 e. The SMILES string of the molecule is CC1(Nc2ccnc(Cl)n2)CCN(CC(C)(C)C(=O)O)C1. The number of carboxylic acids is 1. The maximum absolute atomic E-state index is 11.2. The van der Waals surface area contributed by atoms with Crippen molar-refractivity contribution in [3.8, 4) is 0 Å². The summed E-state index contributed by atoms with van der Waals surface area (Å²) >= 11 is 5.79. The summed E-state index contributed by atoms with van der Waals surface area (Å²) in [6.07, 6.45) is 2.53. The monoisotopic (exact) mass is 312 g/mol. The number of nitrogens with zero attached hydrogens (tertiary/aromatic N) is 3. The quantitative estimate of drug-likeness (QED) is 0.811. The molecule has 21 heavy (non-hydrogen) atoms. The van der Waals surface area contributed by atoms with Gasteiger partial charge in [-0.3, -0.25) is 9.69 Å². The Hall–Kier alpha value is -1.40. The summed E-state index contributed by atoms with van der Waals surface area (Å²) in [6.45, 7) is 7.77. The maximum atomic E-state index is 11.2. The Balaban J connectivity index is 1.99. The Morgan fingerprint density at radius 3 is 2.95 bits per heavy atom. The van der Waals surface area contributed by atoms with Crippen molar-refractivity contribution in [2.45, 2.75) is 32.7 Å². The Morgan fingerprint density at radius 2 is 2.33 bits per heavy atom. The first-order valence-corrected chi connectivity index (χ1v) is 7.31. The Labute approximate surface area is 129 Å². The largest absolute Gasteiger partial charge is 0.481 e. The van der Waals surface area contributed by atoms with Crippen LogP contribution in [0, 0.1) is 5.41 Å². The lowest BCUT2D eigenvalue weighted by Crippen LogP contribution is -2.42. The third-order valence-electron chi connectivity index (χ3n) is 3.81. The molecule has 6 nitrogen and oxygen atoms in total. The molecule has 7 heteroatoms. The van der Waals surface area contributed by atoms with Crippen molar-refractivity contribution >= 4 is 23.4 Å². The fourth-order valence-corrected chi connectivity index (χ4v) is 2.78. The van der Waals surface area contributed by atoms with E-state index in [-0.39, 0.29) is 10.8 Å². The Morgan fingerprint density at radius 1 is 1.62 bits per heavy atom. The Kier molecular flexibility index (Phi) is 4.39. The third-order valence-corrected chi connectivity index (χ3v) is 3.99. The van der Waals surface area contributed by atoms with Crippen molar-refractivity contribution < 1.29 is 9.90 Å². The smallest absolute Gasteiger partial charge is 0.310 e. The lowest BCUT2D eigenvalue weighted by molar-refractivity contribution is -0.147. The first-order valence-electron chi connectivity index (χ1n) is 6.93. The topological polar surface area (TPSA) is 78.4 Å². The molecular formula is C14H21ClN4O2. The third kappa shape index (κ3) is 4.04. The molecule has 1 saturated heterocycles. The number of hydrogen-bond donors (Lipinski definition) is 2. The van der Waals surface area contributed by atoms with Crippen molar-refractivity contribution in [1.29, 1.82) is 0 Å². The molecule has 2 rings (SSSR count). The number of rotatable bonds is 5. The molecule has 116 valence electrons. The number of aliphatic carboxylic acids is 1. The van der Waals surface area contributed by atoms with Crippen LogP contribution < -0.4 is 5.32 Å². The fraction of sp³-hybridized carbons (Fsp3) is 0.643. The minimum absolute atomic E-state index is 0.147. The van der Waals surface area contributed by atoms with E-state index >= 15 is 0 Å². The van der Waals surface area contributed by atoms with E-state index in [9.17, 15) is 9.90 Å². The first kappa shape index (κ1) is 16.0. The number of carboxylic acid groups (broad SMARTS) is 1. The van der Waals surface area contributed by atoms with Crippen LogP contribution in [0.25, 0.3) is 0 Å². The van der Waals surface area contributed by atoms with Crippen molar-refractivity contribution in [2.75, 3.05) is 25.0 Å². The van der Waals surface area contributed by atoms with Gasteiger partial charge in [0.2, 0.25) is 5.28 Å². The number of likely N-dealkylation sites (tertiary alicyclic amines) is 1. The average molecular weight is 313 g/mol. The second-order valence-electron chi connectivity index (χ2n) is 6.55. The van der Waals surface area contributed by atoms with Gasteiger partial charge >= 0.3 is 5.97 Å². The van der Waals surface area contributed by atoms with Gasteiger partial charge < -0.3 is 10.4 Å². The number of aromatic nitrogens is 2. The van der Waals surface area contributed by atoms with Crippen LogP contribution in [0.2, 0.25) is 5.28 Å². The number of hydrogen-bond acceptors (Lipinski definition) is 5. The highest BCUT2D eigenvalue weighted by Crippen LogP contribution is 2.28. The van der Waals surface area contributed by atoms with Gasteiger partial charge in [-0.15, -0.1) is 0 Å². The highest BCUT2D eigenvalue weighted by molar-refractivity contribution is 6.28. The summed E-state index contributed by atoms with van der Waals surface area (Å²) in [6, 6.07) is 1.78. The van der Waals surface area contributed by atoms with Gasteiger partial charge in [0.05, 0.1) is 5.41 Å². The van der Waals surface area contributed by atoms with Gasteiger partial charge in [-0.05, 0) is 44.9 Å². The van der Waals surface area contributed by atoms with Crippen LogP contribution in [0.4, 0.5) is 5.82 Å². The molecule has 0 aromatic carbocycles. The molecule has 0 spiro atoms. The molecule has 0 radical (unpaired) electrons. The fourth-order valence-electron chi connectivity index (χ4n) is 2.63. The van der Waals surface area contributed by atoms with E-state index in [0.29, 0.717) is 12.4 Å². The van der Waals surface area contributed by atoms with Crippen molar-refractivity contribution in [3.05, 3.63) is 17.5 Å². The van der Waals surface area contributed by atoms with Crippen LogP contribution in [0.1, 0.15) is 27.2 Å². The molecule has 0 aliphatic carbocycles. The van der Waals surface area contributed by atoms with E-state index < -0.39 is 11.4 Å². The van der Waals surface area contributed by atoms with Crippen molar-refractivity contribution in [2.24, 2.45) is 5.41 Å². The molecule has 0 bridgehead atoms. The van der Waals surface area contributed by atoms with E-state index in [1.165, 1.54) is 0 Å². The molecule has 1 aliphatic rings. The highest BCUT2D eigenvalue weighted by atomic mass is 35.5. The predicted octanol–water partition coefficient (Wildman–Crippen LogP) is 2.12. The molecule has 2 N–H and O–H groups in total. The van der Waals surface area contributed by atoms with E-state index in [0.717, 1.165) is 19.5 Å². The first-order chi connectivity index (χ1) is 9.70. The lowest BCUT2D eigenvalue weighted by Gasteiger charge is -2.29. The molecule has 0 amide bonds. The van der Waals surface area contributed by atoms with Crippen LogP contribution in [0.3, 0.4) is 0 Å². The maximum Gasteiger partial charge on any atom is 0.310 e. The highest BCUT2D eigenvalue weighted by Gasteiger charge is 2.38. The van der Waals surface area contributed by atoms with Crippen molar-refractivity contribution in [1.82, 2.24) is 14.9 Å².